The molecule has 1 aliphatic carbocycles. The summed E-state index contributed by atoms with van der Waals surface area (Å²) >= 11 is 7.43. The minimum Gasteiger partial charge on any atom is -0.483 e. The quantitative estimate of drug-likeness (QED) is 0.841. The summed E-state index contributed by atoms with van der Waals surface area (Å²) in [5.74, 6) is 0.981. The van der Waals surface area contributed by atoms with Crippen molar-refractivity contribution in [3.8, 4) is 11.8 Å². The minimum absolute atomic E-state index is 0.105. The third-order valence-electron chi connectivity index (χ3n) is 4.37. The smallest absolute Gasteiger partial charge is 0.262 e. The van der Waals surface area contributed by atoms with Crippen LogP contribution < -0.4 is 10.1 Å². The maximum absolute atomic E-state index is 12.2. The fourth-order valence-corrected chi connectivity index (χ4v) is 4.64. The van der Waals surface area contributed by atoms with Crippen molar-refractivity contribution in [1.29, 1.82) is 5.26 Å². The second-order valence-electron chi connectivity index (χ2n) is 6.41. The van der Waals surface area contributed by atoms with E-state index in [1.165, 1.54) is 16.2 Å². The number of benzene rings is 1. The molecule has 0 radical (unpaired) electrons. The molecule has 0 aliphatic heterocycles. The second-order valence-corrected chi connectivity index (χ2v) is 7.96. The Morgan fingerprint density at radius 3 is 3.04 bits per heavy atom. The van der Waals surface area contributed by atoms with Crippen molar-refractivity contribution in [2.45, 2.75) is 33.1 Å². The fourth-order valence-electron chi connectivity index (χ4n) is 3.04. The Bertz CT molecular complexity index is 854. The lowest BCUT2D eigenvalue weighted by atomic mass is 9.89. The number of hydrogen-bond acceptors (Lipinski definition) is 4. The number of fused-ring (bicyclic) bond motifs is 1. The molecule has 0 bridgehead atoms. The third-order valence-corrected chi connectivity index (χ3v) is 5.78. The summed E-state index contributed by atoms with van der Waals surface area (Å²) in [6, 6.07) is 7.52. The summed E-state index contributed by atoms with van der Waals surface area (Å²) < 4.78 is 5.57. The van der Waals surface area contributed by atoms with Gasteiger partial charge in [-0.1, -0.05) is 18.5 Å². The van der Waals surface area contributed by atoms with Crippen molar-refractivity contribution in [2.24, 2.45) is 5.92 Å². The fraction of sp³-hybridized carbons (Fsp3) is 0.368. The number of anilines is 1. The zero-order chi connectivity index (χ0) is 18.0. The predicted molar refractivity (Wildman–Crippen MR) is 101 cm³/mol. The molecule has 25 heavy (non-hydrogen) atoms. The van der Waals surface area contributed by atoms with Crippen LogP contribution in [0.1, 0.15) is 34.9 Å². The number of carbonyl (C=O) groups is 1. The molecule has 1 aromatic heterocycles. The summed E-state index contributed by atoms with van der Waals surface area (Å²) in [6.45, 7) is 3.99. The van der Waals surface area contributed by atoms with Gasteiger partial charge in [0.25, 0.3) is 5.91 Å². The summed E-state index contributed by atoms with van der Waals surface area (Å²) in [6.07, 6.45) is 2.97. The van der Waals surface area contributed by atoms with Crippen molar-refractivity contribution in [1.82, 2.24) is 0 Å². The molecule has 130 valence electrons. The highest BCUT2D eigenvalue weighted by atomic mass is 35.5. The van der Waals surface area contributed by atoms with E-state index in [2.05, 4.69) is 18.3 Å². The highest BCUT2D eigenvalue weighted by Gasteiger charge is 2.24. The van der Waals surface area contributed by atoms with Gasteiger partial charge in [0.05, 0.1) is 5.56 Å². The molecule has 0 saturated heterocycles. The number of nitrogens with one attached hydrogen (secondary N) is 1. The van der Waals surface area contributed by atoms with E-state index in [4.69, 9.17) is 16.3 Å². The maximum Gasteiger partial charge on any atom is 0.262 e. The predicted octanol–water partition coefficient (Wildman–Crippen LogP) is 4.72. The van der Waals surface area contributed by atoms with Crippen LogP contribution in [0.5, 0.6) is 5.75 Å². The van der Waals surface area contributed by atoms with Crippen LogP contribution in [0.15, 0.2) is 18.2 Å². The highest BCUT2D eigenvalue weighted by Crippen LogP contribution is 2.39. The van der Waals surface area contributed by atoms with Crippen molar-refractivity contribution >= 4 is 33.8 Å². The number of amides is 1. The van der Waals surface area contributed by atoms with E-state index in [0.717, 1.165) is 30.4 Å². The molecule has 1 N–H and O–H groups in total. The first-order valence-corrected chi connectivity index (χ1v) is 9.40. The first-order valence-electron chi connectivity index (χ1n) is 8.21. The summed E-state index contributed by atoms with van der Waals surface area (Å²) in [4.78, 5) is 13.5. The lowest BCUT2D eigenvalue weighted by Gasteiger charge is -2.17. The van der Waals surface area contributed by atoms with Crippen molar-refractivity contribution < 1.29 is 9.53 Å². The van der Waals surface area contributed by atoms with E-state index in [-0.39, 0.29) is 12.5 Å². The van der Waals surface area contributed by atoms with Crippen LogP contribution in [0, 0.1) is 24.2 Å². The van der Waals surface area contributed by atoms with E-state index in [9.17, 15) is 10.1 Å². The molecular formula is C19H19ClN2O2S. The Morgan fingerprint density at radius 1 is 1.52 bits per heavy atom. The topological polar surface area (TPSA) is 62.1 Å². The van der Waals surface area contributed by atoms with Gasteiger partial charge in [-0.05, 0) is 61.4 Å². The Labute approximate surface area is 156 Å². The molecule has 1 amide bonds. The van der Waals surface area contributed by atoms with Crippen molar-refractivity contribution in [3.63, 3.8) is 0 Å². The van der Waals surface area contributed by atoms with Gasteiger partial charge in [0, 0.05) is 9.90 Å². The van der Waals surface area contributed by atoms with Crippen molar-refractivity contribution in [3.05, 3.63) is 44.8 Å². The molecule has 1 aromatic carbocycles. The molecule has 4 nitrogen and oxygen atoms in total. The molecule has 3 rings (SSSR count). The van der Waals surface area contributed by atoms with Crippen LogP contribution in [0.2, 0.25) is 5.02 Å². The van der Waals surface area contributed by atoms with Gasteiger partial charge in [0.15, 0.2) is 6.61 Å². The van der Waals surface area contributed by atoms with Crippen LogP contribution in [0.4, 0.5) is 5.00 Å². The first kappa shape index (κ1) is 17.8. The van der Waals surface area contributed by atoms with E-state index in [1.807, 2.05) is 6.92 Å². The van der Waals surface area contributed by atoms with Crippen LogP contribution in [0.25, 0.3) is 0 Å². The summed E-state index contributed by atoms with van der Waals surface area (Å²) in [5, 5.41) is 13.6. The molecule has 0 unspecified atom stereocenters. The molecule has 2 aromatic rings. The van der Waals surface area contributed by atoms with E-state index >= 15 is 0 Å². The largest absolute Gasteiger partial charge is 0.483 e. The molecule has 6 heteroatoms. The molecule has 0 fully saturated rings. The number of hydrogen-bond donors (Lipinski definition) is 1. The van der Waals surface area contributed by atoms with Crippen LogP contribution in [0.3, 0.4) is 0 Å². The zero-order valence-electron chi connectivity index (χ0n) is 14.2. The van der Waals surface area contributed by atoms with Crippen LogP contribution in [-0.2, 0) is 17.6 Å². The van der Waals surface area contributed by atoms with Crippen molar-refractivity contribution in [2.75, 3.05) is 11.9 Å². The zero-order valence-corrected chi connectivity index (χ0v) is 15.8. The van der Waals surface area contributed by atoms with Gasteiger partial charge in [-0.2, -0.15) is 5.26 Å². The van der Waals surface area contributed by atoms with E-state index in [1.54, 1.807) is 18.2 Å². The van der Waals surface area contributed by atoms with Gasteiger partial charge >= 0.3 is 0 Å². The number of ether oxygens (including phenoxy) is 1. The summed E-state index contributed by atoms with van der Waals surface area (Å²) in [5.41, 5.74) is 2.59. The molecule has 1 heterocycles. The normalized spacial score (nSPS) is 16.0. The van der Waals surface area contributed by atoms with E-state index in [0.29, 0.717) is 27.3 Å². The van der Waals surface area contributed by atoms with Gasteiger partial charge in [-0.3, -0.25) is 4.79 Å². The Morgan fingerprint density at radius 2 is 2.32 bits per heavy atom. The number of nitriles is 1. The molecule has 1 atom stereocenters. The van der Waals surface area contributed by atoms with E-state index < -0.39 is 0 Å². The van der Waals surface area contributed by atoms with Gasteiger partial charge in [0.1, 0.15) is 16.8 Å². The SMILES string of the molecule is Cc1cc(Cl)ccc1OCC(=O)Nc1sc2c(c1C#N)CC[C@@H](C)C2. The highest BCUT2D eigenvalue weighted by molar-refractivity contribution is 7.16. The Hall–Kier alpha value is -2.03. The molecular weight excluding hydrogens is 356 g/mol. The summed E-state index contributed by atoms with van der Waals surface area (Å²) in [7, 11) is 0. The monoisotopic (exact) mass is 374 g/mol. The third kappa shape index (κ3) is 3.97. The lowest BCUT2D eigenvalue weighted by molar-refractivity contribution is -0.118. The second kappa shape index (κ2) is 7.47. The number of thiophene rings is 1. The molecule has 1 aliphatic rings. The molecule has 0 saturated carbocycles. The lowest BCUT2D eigenvalue weighted by Crippen LogP contribution is -2.20. The van der Waals surface area contributed by atoms with Crippen LogP contribution in [-0.4, -0.2) is 12.5 Å². The average molecular weight is 375 g/mol. The first-order chi connectivity index (χ1) is 12.0. The number of halogens is 1. The van der Waals surface area contributed by atoms with Crippen LogP contribution >= 0.6 is 22.9 Å². The number of aryl methyl sites for hydroxylation is 1. The number of rotatable bonds is 4. The van der Waals surface area contributed by atoms with Gasteiger partial charge < -0.3 is 10.1 Å². The minimum atomic E-state index is -0.266. The average Bonchev–Trinajstić information content (AvgIpc) is 2.89. The van der Waals surface area contributed by atoms with Gasteiger partial charge in [-0.15, -0.1) is 11.3 Å². The number of nitrogens with zero attached hydrogens (tertiary/aromatic N) is 1. The standard InChI is InChI=1S/C19H19ClN2O2S/c1-11-3-5-14-15(9-21)19(25-17(14)7-11)22-18(23)10-24-16-6-4-13(20)8-12(16)2/h4,6,8,11H,3,5,7,10H2,1-2H3,(H,22,23)/t11-/m1/s1. The molecule has 0 spiro atoms. The maximum atomic E-state index is 12.2. The Kier molecular flexibility index (Phi) is 5.31. The van der Waals surface area contributed by atoms with Gasteiger partial charge in [-0.25, -0.2) is 0 Å². The van der Waals surface area contributed by atoms with Gasteiger partial charge in [0.2, 0.25) is 0 Å². The number of carbonyl (C=O) groups excluding carboxylic acids is 1. The Balaban J connectivity index is 1.68.